The van der Waals surface area contributed by atoms with Crippen LogP contribution in [0.3, 0.4) is 0 Å². The van der Waals surface area contributed by atoms with Crippen molar-refractivity contribution in [3.8, 4) is 5.75 Å². The molecule has 0 aliphatic carbocycles. The Bertz CT molecular complexity index is 617. The van der Waals surface area contributed by atoms with Crippen LogP contribution in [0, 0.1) is 6.92 Å². The summed E-state index contributed by atoms with van der Waals surface area (Å²) in [6, 6.07) is 10.4. The summed E-state index contributed by atoms with van der Waals surface area (Å²) in [6.07, 6.45) is 0. The summed E-state index contributed by atoms with van der Waals surface area (Å²) in [4.78, 5) is 0. The predicted molar refractivity (Wildman–Crippen MR) is 84.3 cm³/mol. The zero-order valence-electron chi connectivity index (χ0n) is 11.2. The molecule has 6 heteroatoms. The van der Waals surface area contributed by atoms with E-state index in [0.717, 1.165) is 15.7 Å². The first kappa shape index (κ1) is 16.0. The van der Waals surface area contributed by atoms with E-state index < -0.39 is 6.61 Å². The lowest BCUT2D eigenvalue weighted by Gasteiger charge is -2.15. The lowest BCUT2D eigenvalue weighted by molar-refractivity contribution is -0.0504. The van der Waals surface area contributed by atoms with Crippen LogP contribution in [0.2, 0.25) is 5.02 Å². The van der Waals surface area contributed by atoms with Gasteiger partial charge < -0.3 is 10.1 Å². The standard InChI is InChI=1S/C15H13BrClF2NO/c1-9-3-2-4-12(17)14(9)20-8-10-7-11(16)5-6-13(10)21-15(18)19/h2-7,15,20H,8H2,1H3. The summed E-state index contributed by atoms with van der Waals surface area (Å²) in [5.41, 5.74) is 2.37. The van der Waals surface area contributed by atoms with E-state index in [1.807, 2.05) is 19.1 Å². The van der Waals surface area contributed by atoms with Gasteiger partial charge in [0.2, 0.25) is 0 Å². The van der Waals surface area contributed by atoms with Gasteiger partial charge in [0.25, 0.3) is 0 Å². The zero-order chi connectivity index (χ0) is 15.4. The van der Waals surface area contributed by atoms with Crippen LogP contribution < -0.4 is 10.1 Å². The molecule has 112 valence electrons. The normalized spacial score (nSPS) is 10.8. The maximum absolute atomic E-state index is 12.4. The van der Waals surface area contributed by atoms with E-state index >= 15 is 0 Å². The number of ether oxygens (including phenoxy) is 1. The molecule has 0 atom stereocenters. The zero-order valence-corrected chi connectivity index (χ0v) is 13.5. The van der Waals surface area contributed by atoms with Crippen LogP contribution in [-0.4, -0.2) is 6.61 Å². The molecule has 2 rings (SSSR count). The second kappa shape index (κ2) is 7.09. The molecule has 0 amide bonds. The van der Waals surface area contributed by atoms with Gasteiger partial charge in [0, 0.05) is 16.6 Å². The predicted octanol–water partition coefficient (Wildman–Crippen LogP) is 5.62. The van der Waals surface area contributed by atoms with Crippen LogP contribution in [0.4, 0.5) is 14.5 Å². The van der Waals surface area contributed by atoms with Crippen molar-refractivity contribution in [2.24, 2.45) is 0 Å². The van der Waals surface area contributed by atoms with Crippen molar-refractivity contribution in [3.63, 3.8) is 0 Å². The van der Waals surface area contributed by atoms with Crippen molar-refractivity contribution in [2.75, 3.05) is 5.32 Å². The highest BCUT2D eigenvalue weighted by Gasteiger charge is 2.11. The first-order valence-corrected chi connectivity index (χ1v) is 7.36. The Labute approximate surface area is 135 Å². The molecule has 0 heterocycles. The van der Waals surface area contributed by atoms with Crippen LogP contribution in [0.5, 0.6) is 5.75 Å². The average molecular weight is 377 g/mol. The van der Waals surface area contributed by atoms with Crippen LogP contribution in [-0.2, 0) is 6.54 Å². The van der Waals surface area contributed by atoms with Crippen molar-refractivity contribution in [1.29, 1.82) is 0 Å². The van der Waals surface area contributed by atoms with Crippen molar-refractivity contribution in [3.05, 3.63) is 57.0 Å². The van der Waals surface area contributed by atoms with Crippen molar-refractivity contribution >= 4 is 33.2 Å². The van der Waals surface area contributed by atoms with E-state index in [0.29, 0.717) is 17.1 Å². The fourth-order valence-corrected chi connectivity index (χ4v) is 2.63. The number of hydrogen-bond acceptors (Lipinski definition) is 2. The Morgan fingerprint density at radius 2 is 2.05 bits per heavy atom. The number of aryl methyl sites for hydroxylation is 1. The number of hydrogen-bond donors (Lipinski definition) is 1. The Hall–Kier alpha value is -1.33. The van der Waals surface area contributed by atoms with Crippen LogP contribution in [0.15, 0.2) is 40.9 Å². The van der Waals surface area contributed by atoms with Crippen molar-refractivity contribution < 1.29 is 13.5 Å². The highest BCUT2D eigenvalue weighted by Crippen LogP contribution is 2.29. The lowest BCUT2D eigenvalue weighted by atomic mass is 10.1. The van der Waals surface area contributed by atoms with Gasteiger partial charge in [0.15, 0.2) is 0 Å². The maximum atomic E-state index is 12.4. The van der Waals surface area contributed by atoms with E-state index in [4.69, 9.17) is 11.6 Å². The summed E-state index contributed by atoms with van der Waals surface area (Å²) in [6.45, 7) is -0.607. The minimum absolute atomic E-state index is 0.144. The Kier molecular flexibility index (Phi) is 5.42. The van der Waals surface area contributed by atoms with E-state index in [-0.39, 0.29) is 5.75 Å². The molecule has 0 bridgehead atoms. The monoisotopic (exact) mass is 375 g/mol. The number of benzene rings is 2. The fraction of sp³-hybridized carbons (Fsp3) is 0.200. The van der Waals surface area contributed by atoms with E-state index in [1.54, 1.807) is 18.2 Å². The van der Waals surface area contributed by atoms with Gasteiger partial charge >= 0.3 is 6.61 Å². The van der Waals surface area contributed by atoms with Gasteiger partial charge in [-0.3, -0.25) is 0 Å². The van der Waals surface area contributed by atoms with E-state index in [9.17, 15) is 8.78 Å². The quantitative estimate of drug-likeness (QED) is 0.731. The third-order valence-corrected chi connectivity index (χ3v) is 3.72. The number of rotatable bonds is 5. The van der Waals surface area contributed by atoms with Gasteiger partial charge in [-0.15, -0.1) is 0 Å². The van der Waals surface area contributed by atoms with Crippen molar-refractivity contribution in [2.45, 2.75) is 20.1 Å². The maximum Gasteiger partial charge on any atom is 0.387 e. The minimum atomic E-state index is -2.85. The molecule has 2 aromatic carbocycles. The van der Waals surface area contributed by atoms with Crippen LogP contribution in [0.1, 0.15) is 11.1 Å². The number of anilines is 1. The van der Waals surface area contributed by atoms with Gasteiger partial charge in [-0.1, -0.05) is 39.7 Å². The molecule has 0 radical (unpaired) electrons. The summed E-state index contributed by atoms with van der Waals surface area (Å²) in [5.74, 6) is 0.144. The summed E-state index contributed by atoms with van der Waals surface area (Å²) < 4.78 is 30.1. The van der Waals surface area contributed by atoms with Gasteiger partial charge in [0.1, 0.15) is 5.75 Å². The van der Waals surface area contributed by atoms with Gasteiger partial charge in [-0.25, -0.2) is 0 Å². The first-order valence-electron chi connectivity index (χ1n) is 6.19. The summed E-state index contributed by atoms with van der Waals surface area (Å²) >= 11 is 9.45. The van der Waals surface area contributed by atoms with Gasteiger partial charge in [-0.05, 0) is 36.8 Å². The minimum Gasteiger partial charge on any atom is -0.434 e. The van der Waals surface area contributed by atoms with E-state index in [2.05, 4.69) is 26.0 Å². The lowest BCUT2D eigenvalue weighted by Crippen LogP contribution is -2.08. The topological polar surface area (TPSA) is 21.3 Å². The molecule has 21 heavy (non-hydrogen) atoms. The molecular formula is C15H13BrClF2NO. The van der Waals surface area contributed by atoms with Crippen molar-refractivity contribution in [1.82, 2.24) is 0 Å². The Balaban J connectivity index is 2.21. The molecule has 0 fully saturated rings. The highest BCUT2D eigenvalue weighted by atomic mass is 79.9. The number of halogens is 4. The average Bonchev–Trinajstić information content (AvgIpc) is 2.40. The molecule has 0 spiro atoms. The number of nitrogens with one attached hydrogen (secondary N) is 1. The second-order valence-electron chi connectivity index (χ2n) is 4.42. The SMILES string of the molecule is Cc1cccc(Cl)c1NCc1cc(Br)ccc1OC(F)F. The molecular weight excluding hydrogens is 364 g/mol. The summed E-state index contributed by atoms with van der Waals surface area (Å²) in [7, 11) is 0. The van der Waals surface area contributed by atoms with Gasteiger partial charge in [0.05, 0.1) is 10.7 Å². The van der Waals surface area contributed by atoms with Gasteiger partial charge in [-0.2, -0.15) is 8.78 Å². The number of para-hydroxylation sites is 1. The third-order valence-electron chi connectivity index (χ3n) is 2.92. The smallest absolute Gasteiger partial charge is 0.387 e. The molecule has 0 saturated heterocycles. The first-order chi connectivity index (χ1) is 9.97. The molecule has 0 aromatic heterocycles. The molecule has 2 nitrogen and oxygen atoms in total. The van der Waals surface area contributed by atoms with Crippen LogP contribution in [0.25, 0.3) is 0 Å². The second-order valence-corrected chi connectivity index (χ2v) is 5.74. The van der Waals surface area contributed by atoms with E-state index in [1.165, 1.54) is 6.07 Å². The third kappa shape index (κ3) is 4.32. The molecule has 0 saturated carbocycles. The Morgan fingerprint density at radius 1 is 1.29 bits per heavy atom. The largest absolute Gasteiger partial charge is 0.434 e. The molecule has 0 aliphatic heterocycles. The Morgan fingerprint density at radius 3 is 2.71 bits per heavy atom. The molecule has 2 aromatic rings. The van der Waals surface area contributed by atoms with Crippen LogP contribution >= 0.6 is 27.5 Å². The molecule has 1 N–H and O–H groups in total. The fourth-order valence-electron chi connectivity index (χ4n) is 1.94. The number of alkyl halides is 2. The summed E-state index contributed by atoms with van der Waals surface area (Å²) in [5, 5.41) is 3.75. The molecule has 0 unspecified atom stereocenters. The highest BCUT2D eigenvalue weighted by molar-refractivity contribution is 9.10. The molecule has 0 aliphatic rings.